The molecule has 3 heterocycles. The van der Waals surface area contributed by atoms with E-state index in [0.29, 0.717) is 37.7 Å². The van der Waals surface area contributed by atoms with Gasteiger partial charge in [-0.3, -0.25) is 4.79 Å². The second-order valence-electron chi connectivity index (χ2n) is 5.39. The van der Waals surface area contributed by atoms with Crippen molar-refractivity contribution in [2.45, 2.75) is 13.8 Å². The number of piperazine rings is 1. The number of ether oxygens (including phenoxy) is 1. The monoisotopic (exact) mass is 365 g/mol. The number of hydrogen-bond acceptors (Lipinski definition) is 6. The van der Waals surface area contributed by atoms with Crippen molar-refractivity contribution in [3.63, 3.8) is 0 Å². The van der Waals surface area contributed by atoms with Crippen LogP contribution in [-0.4, -0.2) is 59.6 Å². The molecule has 2 amide bonds. The van der Waals surface area contributed by atoms with Gasteiger partial charge in [0, 0.05) is 26.2 Å². The average molecular weight is 365 g/mol. The minimum absolute atomic E-state index is 0.00341. The zero-order valence-electron chi connectivity index (χ0n) is 13.7. The third-order valence-electron chi connectivity index (χ3n) is 3.82. The molecule has 0 radical (unpaired) electrons. The number of nitrogens with zero attached hydrogens (tertiary/aromatic N) is 3. The summed E-state index contributed by atoms with van der Waals surface area (Å²) in [6, 6.07) is 3.99. The summed E-state index contributed by atoms with van der Waals surface area (Å²) in [5.41, 5.74) is 0.765. The highest BCUT2D eigenvalue weighted by atomic mass is 32.1. The first-order chi connectivity index (χ1) is 11.6. The molecule has 2 aromatic heterocycles. The lowest BCUT2D eigenvalue weighted by molar-refractivity contribution is 0.0573. The summed E-state index contributed by atoms with van der Waals surface area (Å²) in [6.07, 6.45) is -0.307. The van der Waals surface area contributed by atoms with E-state index in [0.717, 1.165) is 15.6 Å². The van der Waals surface area contributed by atoms with E-state index in [4.69, 9.17) is 4.74 Å². The van der Waals surface area contributed by atoms with Crippen molar-refractivity contribution in [3.8, 4) is 9.88 Å². The predicted octanol–water partition coefficient (Wildman–Crippen LogP) is 3.09. The van der Waals surface area contributed by atoms with Crippen molar-refractivity contribution in [1.29, 1.82) is 0 Å². The number of thiophene rings is 1. The molecule has 0 unspecified atom stereocenters. The normalized spacial score (nSPS) is 14.8. The maximum atomic E-state index is 12.8. The van der Waals surface area contributed by atoms with Gasteiger partial charge in [-0.25, -0.2) is 9.78 Å². The Bertz CT molecular complexity index is 719. The van der Waals surface area contributed by atoms with Crippen molar-refractivity contribution in [3.05, 3.63) is 28.1 Å². The zero-order valence-corrected chi connectivity index (χ0v) is 15.3. The lowest BCUT2D eigenvalue weighted by atomic mass is 10.3. The Morgan fingerprint density at radius 1 is 1.25 bits per heavy atom. The van der Waals surface area contributed by atoms with Crippen molar-refractivity contribution < 1.29 is 14.3 Å². The summed E-state index contributed by atoms with van der Waals surface area (Å²) in [5, 5.41) is 2.89. The van der Waals surface area contributed by atoms with Gasteiger partial charge in [0.1, 0.15) is 9.88 Å². The van der Waals surface area contributed by atoms with Crippen LogP contribution in [0.5, 0.6) is 0 Å². The molecule has 0 aliphatic carbocycles. The lowest BCUT2D eigenvalue weighted by Crippen LogP contribution is -2.50. The highest BCUT2D eigenvalue weighted by molar-refractivity contribution is 7.22. The van der Waals surface area contributed by atoms with E-state index in [1.54, 1.807) is 28.1 Å². The third-order valence-corrected chi connectivity index (χ3v) is 6.00. The number of aromatic nitrogens is 1. The largest absolute Gasteiger partial charge is 0.450 e. The Morgan fingerprint density at radius 3 is 2.58 bits per heavy atom. The van der Waals surface area contributed by atoms with Gasteiger partial charge in [-0.05, 0) is 25.3 Å². The molecular weight excluding hydrogens is 346 g/mol. The molecule has 3 rings (SSSR count). The number of thiazole rings is 1. The van der Waals surface area contributed by atoms with Gasteiger partial charge < -0.3 is 14.5 Å². The first kappa shape index (κ1) is 16.9. The van der Waals surface area contributed by atoms with Crippen LogP contribution in [0.1, 0.15) is 22.3 Å². The number of rotatable bonds is 3. The number of hydrogen-bond donors (Lipinski definition) is 0. The maximum absolute atomic E-state index is 12.8. The second kappa shape index (κ2) is 7.31. The van der Waals surface area contributed by atoms with Crippen LogP contribution in [0.25, 0.3) is 9.88 Å². The Morgan fingerprint density at radius 2 is 1.96 bits per heavy atom. The maximum Gasteiger partial charge on any atom is 0.409 e. The molecule has 0 N–H and O–H groups in total. The number of aryl methyl sites for hydroxylation is 1. The van der Waals surface area contributed by atoms with Crippen LogP contribution < -0.4 is 0 Å². The van der Waals surface area contributed by atoms with Gasteiger partial charge in [-0.1, -0.05) is 6.07 Å². The van der Waals surface area contributed by atoms with E-state index in [2.05, 4.69) is 4.98 Å². The third kappa shape index (κ3) is 3.44. The fourth-order valence-electron chi connectivity index (χ4n) is 2.55. The van der Waals surface area contributed by atoms with E-state index in [1.165, 1.54) is 11.3 Å². The SMILES string of the molecule is CCOC(=O)N1CCN(C(=O)c2sc(-c3cccs3)nc2C)CC1. The molecule has 0 aromatic carbocycles. The lowest BCUT2D eigenvalue weighted by Gasteiger charge is -2.33. The van der Waals surface area contributed by atoms with Crippen molar-refractivity contribution >= 4 is 34.7 Å². The molecule has 1 fully saturated rings. The number of carbonyl (C=O) groups excluding carboxylic acids is 2. The van der Waals surface area contributed by atoms with Gasteiger partial charge in [0.15, 0.2) is 0 Å². The molecule has 128 valence electrons. The van der Waals surface area contributed by atoms with Gasteiger partial charge in [-0.15, -0.1) is 22.7 Å². The zero-order chi connectivity index (χ0) is 17.1. The van der Waals surface area contributed by atoms with Crippen LogP contribution >= 0.6 is 22.7 Å². The molecule has 8 heteroatoms. The highest BCUT2D eigenvalue weighted by Gasteiger charge is 2.28. The molecule has 1 aliphatic rings. The van der Waals surface area contributed by atoms with E-state index >= 15 is 0 Å². The van der Waals surface area contributed by atoms with E-state index in [9.17, 15) is 9.59 Å². The molecule has 0 saturated carbocycles. The molecule has 6 nitrogen and oxygen atoms in total. The van der Waals surface area contributed by atoms with Gasteiger partial charge in [-0.2, -0.15) is 0 Å². The first-order valence-corrected chi connectivity index (χ1v) is 9.52. The number of amides is 2. The molecule has 0 spiro atoms. The quantitative estimate of drug-likeness (QED) is 0.838. The molecule has 1 saturated heterocycles. The predicted molar refractivity (Wildman–Crippen MR) is 94.7 cm³/mol. The summed E-state index contributed by atoms with van der Waals surface area (Å²) in [4.78, 5) is 34.2. The van der Waals surface area contributed by atoms with Crippen molar-refractivity contribution in [2.24, 2.45) is 0 Å². The van der Waals surface area contributed by atoms with Gasteiger partial charge >= 0.3 is 6.09 Å². The summed E-state index contributed by atoms with van der Waals surface area (Å²) >= 11 is 3.06. The fraction of sp³-hybridized carbons (Fsp3) is 0.438. The van der Waals surface area contributed by atoms with Crippen molar-refractivity contribution in [2.75, 3.05) is 32.8 Å². The molecule has 1 aliphatic heterocycles. The van der Waals surface area contributed by atoms with Crippen LogP contribution in [0, 0.1) is 6.92 Å². The Balaban J connectivity index is 1.67. The van der Waals surface area contributed by atoms with E-state index < -0.39 is 0 Å². The van der Waals surface area contributed by atoms with Crippen LogP contribution in [0.4, 0.5) is 4.79 Å². The molecule has 0 bridgehead atoms. The van der Waals surface area contributed by atoms with Gasteiger partial charge in [0.05, 0.1) is 17.2 Å². The molecular formula is C16H19N3O3S2. The number of carbonyl (C=O) groups is 2. The first-order valence-electron chi connectivity index (χ1n) is 7.82. The fourth-order valence-corrected chi connectivity index (χ4v) is 4.38. The Hall–Kier alpha value is -1.93. The standard InChI is InChI=1S/C16H19N3O3S2/c1-3-22-16(21)19-8-6-18(7-9-19)15(20)13-11(2)17-14(24-13)12-5-4-10-23-12/h4-5,10H,3,6-9H2,1-2H3. The Labute approximate surface area is 148 Å². The van der Waals surface area contributed by atoms with E-state index in [1.807, 2.05) is 24.4 Å². The Kier molecular flexibility index (Phi) is 5.15. The summed E-state index contributed by atoms with van der Waals surface area (Å²) < 4.78 is 5.00. The molecule has 24 heavy (non-hydrogen) atoms. The summed E-state index contributed by atoms with van der Waals surface area (Å²) in [5.74, 6) is -0.00341. The van der Waals surface area contributed by atoms with Crippen molar-refractivity contribution in [1.82, 2.24) is 14.8 Å². The van der Waals surface area contributed by atoms with Crippen LogP contribution in [0.3, 0.4) is 0 Å². The topological polar surface area (TPSA) is 62.7 Å². The minimum atomic E-state index is -0.307. The van der Waals surface area contributed by atoms with Gasteiger partial charge in [0.2, 0.25) is 0 Å². The van der Waals surface area contributed by atoms with Gasteiger partial charge in [0.25, 0.3) is 5.91 Å². The van der Waals surface area contributed by atoms with E-state index in [-0.39, 0.29) is 12.0 Å². The van der Waals surface area contributed by atoms with Crippen LogP contribution in [0.2, 0.25) is 0 Å². The summed E-state index contributed by atoms with van der Waals surface area (Å²) in [6.45, 7) is 6.06. The highest BCUT2D eigenvalue weighted by Crippen LogP contribution is 2.31. The van der Waals surface area contributed by atoms with Crippen LogP contribution in [0.15, 0.2) is 17.5 Å². The summed E-state index contributed by atoms with van der Waals surface area (Å²) in [7, 11) is 0. The average Bonchev–Trinajstić information content (AvgIpc) is 3.24. The minimum Gasteiger partial charge on any atom is -0.450 e. The molecule has 0 atom stereocenters. The molecule has 2 aromatic rings. The smallest absolute Gasteiger partial charge is 0.409 e. The van der Waals surface area contributed by atoms with Crippen LogP contribution in [-0.2, 0) is 4.74 Å². The second-order valence-corrected chi connectivity index (χ2v) is 7.34.